The second-order valence-electron chi connectivity index (χ2n) is 6.23. The molecule has 0 saturated heterocycles. The Bertz CT molecular complexity index is 551. The van der Waals surface area contributed by atoms with E-state index in [4.69, 9.17) is 5.73 Å². The monoisotopic (exact) mass is 372 g/mol. The largest absolute Gasteiger partial charge is 0.465 e. The molecule has 0 aromatic carbocycles. The third kappa shape index (κ3) is 5.51. The average molecular weight is 373 g/mol. The van der Waals surface area contributed by atoms with Crippen LogP contribution in [0.15, 0.2) is 16.6 Å². The molecule has 0 radical (unpaired) electrons. The van der Waals surface area contributed by atoms with Crippen LogP contribution in [0.4, 0.5) is 16.4 Å². The van der Waals surface area contributed by atoms with Gasteiger partial charge in [-0.25, -0.2) is 9.78 Å². The van der Waals surface area contributed by atoms with E-state index in [-0.39, 0.29) is 23.6 Å². The van der Waals surface area contributed by atoms with E-state index in [9.17, 15) is 14.7 Å². The molecule has 1 aromatic heterocycles. The van der Waals surface area contributed by atoms with Gasteiger partial charge in [-0.2, -0.15) is 0 Å². The molecule has 0 spiro atoms. The molecule has 122 valence electrons. The smallest absolute Gasteiger partial charge is 0.407 e. The van der Waals surface area contributed by atoms with Gasteiger partial charge in [-0.1, -0.05) is 36.7 Å². The van der Waals surface area contributed by atoms with Crippen molar-refractivity contribution in [1.82, 2.24) is 9.88 Å². The van der Waals surface area contributed by atoms with Crippen LogP contribution in [0.3, 0.4) is 0 Å². The molecule has 1 rings (SSSR count). The molecule has 7 nitrogen and oxygen atoms in total. The molecule has 1 unspecified atom stereocenters. The average Bonchev–Trinajstić information content (AvgIpc) is 2.32. The van der Waals surface area contributed by atoms with Crippen molar-refractivity contribution >= 4 is 39.6 Å². The molecular formula is C14H21BrN4O3. The Morgan fingerprint density at radius 1 is 1.45 bits per heavy atom. The predicted octanol–water partition coefficient (Wildman–Crippen LogP) is 2.78. The fraction of sp³-hybridized carbons (Fsp3) is 0.500. The number of anilines is 2. The van der Waals surface area contributed by atoms with Crippen LogP contribution in [-0.2, 0) is 4.79 Å². The molecule has 0 saturated carbocycles. The van der Waals surface area contributed by atoms with E-state index in [2.05, 4.69) is 26.2 Å². The van der Waals surface area contributed by atoms with Gasteiger partial charge in [0, 0.05) is 11.0 Å². The van der Waals surface area contributed by atoms with Crippen LogP contribution in [0, 0.1) is 5.41 Å². The number of hydrogen-bond acceptors (Lipinski definition) is 4. The minimum atomic E-state index is -1.14. The highest BCUT2D eigenvalue weighted by Crippen LogP contribution is 2.20. The summed E-state index contributed by atoms with van der Waals surface area (Å²) in [5.74, 6) is 0.0589. The molecule has 1 atom stereocenters. The van der Waals surface area contributed by atoms with Crippen molar-refractivity contribution in [2.45, 2.75) is 33.7 Å². The van der Waals surface area contributed by atoms with Gasteiger partial charge in [-0.05, 0) is 24.5 Å². The molecule has 0 fully saturated rings. The number of nitrogens with zero attached hydrogens (tertiary/aromatic N) is 2. The standard InChI is InChI=1S/C14H21BrN4O3/c1-8(19(13(21)22)7-14(2,3)4)12(20)18-11-6-9(15)5-10(16)17-11/h5-6,8H,7H2,1-4H3,(H,21,22)(H3,16,17,18,20). The summed E-state index contributed by atoms with van der Waals surface area (Å²) in [5, 5.41) is 11.9. The van der Waals surface area contributed by atoms with E-state index in [0.29, 0.717) is 4.47 Å². The van der Waals surface area contributed by atoms with Crippen LogP contribution in [-0.4, -0.2) is 39.6 Å². The summed E-state index contributed by atoms with van der Waals surface area (Å²) in [7, 11) is 0. The van der Waals surface area contributed by atoms with Gasteiger partial charge in [0.05, 0.1) is 0 Å². The summed E-state index contributed by atoms with van der Waals surface area (Å²) in [5.41, 5.74) is 5.35. The minimum Gasteiger partial charge on any atom is -0.465 e. The number of carbonyl (C=O) groups is 2. The molecule has 1 heterocycles. The van der Waals surface area contributed by atoms with Crippen molar-refractivity contribution in [3.05, 3.63) is 16.6 Å². The molecular weight excluding hydrogens is 352 g/mol. The topological polar surface area (TPSA) is 109 Å². The molecule has 1 aromatic rings. The summed E-state index contributed by atoms with van der Waals surface area (Å²) in [4.78, 5) is 28.7. The normalized spacial score (nSPS) is 12.6. The summed E-state index contributed by atoms with van der Waals surface area (Å²) in [6.45, 7) is 7.50. The van der Waals surface area contributed by atoms with Gasteiger partial charge in [-0.15, -0.1) is 0 Å². The number of aromatic nitrogens is 1. The van der Waals surface area contributed by atoms with Crippen LogP contribution >= 0.6 is 15.9 Å². The summed E-state index contributed by atoms with van der Waals surface area (Å²) < 4.78 is 0.674. The lowest BCUT2D eigenvalue weighted by atomic mass is 9.95. The second-order valence-corrected chi connectivity index (χ2v) is 7.15. The third-order valence-electron chi connectivity index (χ3n) is 2.80. The van der Waals surface area contributed by atoms with Gasteiger partial charge in [0.1, 0.15) is 17.7 Å². The number of rotatable bonds is 4. The number of nitrogen functional groups attached to an aromatic ring is 1. The maximum absolute atomic E-state index is 12.3. The van der Waals surface area contributed by atoms with Crippen molar-refractivity contribution in [3.8, 4) is 0 Å². The number of pyridine rings is 1. The fourth-order valence-electron chi connectivity index (χ4n) is 1.83. The molecule has 8 heteroatoms. The van der Waals surface area contributed by atoms with Crippen LogP contribution < -0.4 is 11.1 Å². The van der Waals surface area contributed by atoms with Crippen molar-refractivity contribution in [2.75, 3.05) is 17.6 Å². The molecule has 4 N–H and O–H groups in total. The Hall–Kier alpha value is -1.83. The molecule has 0 aliphatic heterocycles. The lowest BCUT2D eigenvalue weighted by Crippen LogP contribution is -2.48. The van der Waals surface area contributed by atoms with Gasteiger partial charge < -0.3 is 16.2 Å². The zero-order chi connectivity index (χ0) is 17.1. The van der Waals surface area contributed by atoms with E-state index >= 15 is 0 Å². The first-order valence-electron chi connectivity index (χ1n) is 6.73. The molecule has 2 amide bonds. The maximum atomic E-state index is 12.3. The van der Waals surface area contributed by atoms with Crippen molar-refractivity contribution in [3.63, 3.8) is 0 Å². The minimum absolute atomic E-state index is 0.241. The lowest BCUT2D eigenvalue weighted by molar-refractivity contribution is -0.120. The summed E-state index contributed by atoms with van der Waals surface area (Å²) in [6, 6.07) is 2.34. The van der Waals surface area contributed by atoms with E-state index in [1.165, 1.54) is 6.92 Å². The van der Waals surface area contributed by atoms with Crippen LogP contribution in [0.5, 0.6) is 0 Å². The Morgan fingerprint density at radius 3 is 2.50 bits per heavy atom. The number of nitrogens with two attached hydrogens (primary N) is 1. The quantitative estimate of drug-likeness (QED) is 0.752. The highest BCUT2D eigenvalue weighted by molar-refractivity contribution is 9.10. The Labute approximate surface area is 138 Å². The van der Waals surface area contributed by atoms with Crippen molar-refractivity contribution in [1.29, 1.82) is 0 Å². The first-order chi connectivity index (χ1) is 9.99. The molecule has 22 heavy (non-hydrogen) atoms. The Kier molecular flexibility index (Phi) is 5.76. The van der Waals surface area contributed by atoms with Crippen LogP contribution in [0.1, 0.15) is 27.7 Å². The highest BCUT2D eigenvalue weighted by Gasteiger charge is 2.29. The number of halogens is 1. The number of carboxylic acid groups (broad SMARTS) is 1. The fourth-order valence-corrected chi connectivity index (χ4v) is 2.29. The molecule has 0 aliphatic rings. The van der Waals surface area contributed by atoms with Crippen LogP contribution in [0.25, 0.3) is 0 Å². The van der Waals surface area contributed by atoms with E-state index in [1.54, 1.807) is 12.1 Å². The van der Waals surface area contributed by atoms with Gasteiger partial charge in [0.2, 0.25) is 5.91 Å². The third-order valence-corrected chi connectivity index (χ3v) is 3.26. The van der Waals surface area contributed by atoms with Crippen molar-refractivity contribution in [2.24, 2.45) is 5.41 Å². The second kappa shape index (κ2) is 6.95. The predicted molar refractivity (Wildman–Crippen MR) is 88.6 cm³/mol. The zero-order valence-corrected chi connectivity index (χ0v) is 14.6. The lowest BCUT2D eigenvalue weighted by Gasteiger charge is -2.31. The number of amides is 2. The van der Waals surface area contributed by atoms with Gasteiger partial charge >= 0.3 is 6.09 Å². The van der Waals surface area contributed by atoms with Gasteiger partial charge in [0.25, 0.3) is 0 Å². The summed E-state index contributed by atoms with van der Waals surface area (Å²) >= 11 is 3.26. The highest BCUT2D eigenvalue weighted by atomic mass is 79.9. The zero-order valence-electron chi connectivity index (χ0n) is 13.1. The van der Waals surface area contributed by atoms with E-state index in [0.717, 1.165) is 4.90 Å². The molecule has 0 bridgehead atoms. The van der Waals surface area contributed by atoms with E-state index < -0.39 is 18.0 Å². The maximum Gasteiger partial charge on any atom is 0.407 e. The SMILES string of the molecule is CC(C(=O)Nc1cc(Br)cc(N)n1)N(CC(C)(C)C)C(=O)O. The Balaban J connectivity index is 2.87. The van der Waals surface area contributed by atoms with Crippen molar-refractivity contribution < 1.29 is 14.7 Å². The number of carbonyl (C=O) groups excluding carboxylic acids is 1. The van der Waals surface area contributed by atoms with Gasteiger partial charge in [0.15, 0.2) is 0 Å². The first kappa shape index (κ1) is 18.2. The molecule has 0 aliphatic carbocycles. The van der Waals surface area contributed by atoms with Gasteiger partial charge in [-0.3, -0.25) is 9.69 Å². The van der Waals surface area contributed by atoms with Crippen LogP contribution in [0.2, 0.25) is 0 Å². The Morgan fingerprint density at radius 2 is 2.05 bits per heavy atom. The number of nitrogens with one attached hydrogen (secondary N) is 1. The number of hydrogen-bond donors (Lipinski definition) is 3. The first-order valence-corrected chi connectivity index (χ1v) is 7.52. The van der Waals surface area contributed by atoms with E-state index in [1.807, 2.05) is 20.8 Å². The summed E-state index contributed by atoms with van der Waals surface area (Å²) in [6.07, 6.45) is -1.14.